The average Bonchev–Trinajstić information content (AvgIpc) is 2.93. The van der Waals surface area contributed by atoms with Crippen molar-refractivity contribution in [3.63, 3.8) is 0 Å². The van der Waals surface area contributed by atoms with Gasteiger partial charge in [-0.1, -0.05) is 12.1 Å². The maximum atomic E-state index is 13.7. The second-order valence-electron chi connectivity index (χ2n) is 5.41. The van der Waals surface area contributed by atoms with E-state index in [1.54, 1.807) is 18.2 Å². The lowest BCUT2D eigenvalue weighted by Crippen LogP contribution is -2.47. The Bertz CT molecular complexity index is 525. The fourth-order valence-electron chi connectivity index (χ4n) is 2.93. The molecule has 1 saturated heterocycles. The van der Waals surface area contributed by atoms with Crippen molar-refractivity contribution < 1.29 is 13.9 Å². The summed E-state index contributed by atoms with van der Waals surface area (Å²) in [4.78, 5) is 0. The molecular weight excluding hydrogens is 259 g/mol. The van der Waals surface area contributed by atoms with E-state index in [0.29, 0.717) is 44.6 Å². The van der Waals surface area contributed by atoms with E-state index in [9.17, 15) is 9.65 Å². The topological polar surface area (TPSA) is 54.3 Å². The molecule has 4 nitrogen and oxygen atoms in total. The van der Waals surface area contributed by atoms with Crippen LogP contribution in [0, 0.1) is 17.1 Å². The van der Waals surface area contributed by atoms with Gasteiger partial charge in [-0.25, -0.2) is 4.39 Å². The Hall–Kier alpha value is -1.64. The van der Waals surface area contributed by atoms with Crippen LogP contribution in [0.2, 0.25) is 0 Å². The number of hydrogen-bond donors (Lipinski definition) is 1. The van der Waals surface area contributed by atoms with Gasteiger partial charge in [0.25, 0.3) is 0 Å². The van der Waals surface area contributed by atoms with Gasteiger partial charge in [0.2, 0.25) is 0 Å². The van der Waals surface area contributed by atoms with E-state index in [-0.39, 0.29) is 5.82 Å². The van der Waals surface area contributed by atoms with E-state index in [1.807, 2.05) is 0 Å². The number of nitriles is 1. The normalized spacial score (nSPS) is 23.4. The highest BCUT2D eigenvalue weighted by molar-refractivity contribution is 5.49. The molecule has 1 aromatic carbocycles. The van der Waals surface area contributed by atoms with Gasteiger partial charge in [0.15, 0.2) is 5.79 Å². The van der Waals surface area contributed by atoms with Crippen molar-refractivity contribution in [1.29, 1.82) is 5.26 Å². The molecule has 20 heavy (non-hydrogen) atoms. The van der Waals surface area contributed by atoms with Crippen LogP contribution >= 0.6 is 0 Å². The van der Waals surface area contributed by atoms with Gasteiger partial charge in [0.1, 0.15) is 11.4 Å². The van der Waals surface area contributed by atoms with Gasteiger partial charge >= 0.3 is 0 Å². The molecule has 0 amide bonds. The molecular formula is C15H17FN2O2. The van der Waals surface area contributed by atoms with Crippen molar-refractivity contribution in [1.82, 2.24) is 0 Å². The summed E-state index contributed by atoms with van der Waals surface area (Å²) in [5.74, 6) is -0.854. The molecule has 0 unspecified atom stereocenters. The van der Waals surface area contributed by atoms with Gasteiger partial charge in [-0.2, -0.15) is 5.26 Å². The predicted octanol–water partition coefficient (Wildman–Crippen LogP) is 2.82. The van der Waals surface area contributed by atoms with Gasteiger partial charge in [-0.05, 0) is 25.0 Å². The van der Waals surface area contributed by atoms with Crippen LogP contribution in [0.1, 0.15) is 25.7 Å². The van der Waals surface area contributed by atoms with Crippen molar-refractivity contribution in [3.05, 3.63) is 30.1 Å². The van der Waals surface area contributed by atoms with Gasteiger partial charge in [-0.15, -0.1) is 0 Å². The Morgan fingerprint density at radius 1 is 1.10 bits per heavy atom. The molecule has 0 bridgehead atoms. The molecule has 106 valence electrons. The number of anilines is 1. The molecule has 1 saturated carbocycles. The number of hydrogen-bond acceptors (Lipinski definition) is 4. The minimum absolute atomic E-state index is 0.337. The van der Waals surface area contributed by atoms with Crippen LogP contribution in [0.4, 0.5) is 10.1 Å². The number of rotatable bonds is 2. The molecule has 1 heterocycles. The Morgan fingerprint density at radius 2 is 1.75 bits per heavy atom. The average molecular weight is 276 g/mol. The molecule has 0 atom stereocenters. The summed E-state index contributed by atoms with van der Waals surface area (Å²) in [6, 6.07) is 8.74. The third kappa shape index (κ3) is 2.37. The summed E-state index contributed by atoms with van der Waals surface area (Å²) in [7, 11) is 0. The Kier molecular flexibility index (Phi) is 3.36. The second-order valence-corrected chi connectivity index (χ2v) is 5.41. The summed E-state index contributed by atoms with van der Waals surface area (Å²) >= 11 is 0. The molecule has 1 aliphatic carbocycles. The quantitative estimate of drug-likeness (QED) is 0.902. The fourth-order valence-corrected chi connectivity index (χ4v) is 2.93. The van der Waals surface area contributed by atoms with E-state index >= 15 is 0 Å². The van der Waals surface area contributed by atoms with E-state index < -0.39 is 11.3 Å². The molecule has 1 aromatic rings. The van der Waals surface area contributed by atoms with Gasteiger partial charge in [0, 0.05) is 12.8 Å². The first-order valence-corrected chi connectivity index (χ1v) is 6.89. The van der Waals surface area contributed by atoms with Crippen LogP contribution in [0.15, 0.2) is 24.3 Å². The number of nitrogens with zero attached hydrogens (tertiary/aromatic N) is 1. The lowest BCUT2D eigenvalue weighted by atomic mass is 9.79. The minimum Gasteiger partial charge on any atom is -0.365 e. The number of halogens is 1. The molecule has 1 spiro atoms. The first-order valence-electron chi connectivity index (χ1n) is 6.89. The van der Waals surface area contributed by atoms with E-state index in [0.717, 1.165) is 0 Å². The zero-order valence-electron chi connectivity index (χ0n) is 11.2. The molecule has 5 heteroatoms. The summed E-state index contributed by atoms with van der Waals surface area (Å²) in [5.41, 5.74) is -0.374. The molecule has 3 rings (SSSR count). The van der Waals surface area contributed by atoms with Crippen molar-refractivity contribution >= 4 is 5.69 Å². The zero-order chi connectivity index (χ0) is 14.1. The van der Waals surface area contributed by atoms with Crippen LogP contribution < -0.4 is 5.32 Å². The lowest BCUT2D eigenvalue weighted by molar-refractivity contribution is -0.180. The number of para-hydroxylation sites is 1. The smallest absolute Gasteiger partial charge is 0.168 e. The molecule has 1 N–H and O–H groups in total. The summed E-state index contributed by atoms with van der Waals surface area (Å²) < 4.78 is 25.0. The van der Waals surface area contributed by atoms with E-state index in [2.05, 4.69) is 11.4 Å². The highest BCUT2D eigenvalue weighted by atomic mass is 19.1. The van der Waals surface area contributed by atoms with E-state index in [1.165, 1.54) is 6.07 Å². The maximum absolute atomic E-state index is 13.7. The van der Waals surface area contributed by atoms with Gasteiger partial charge in [-0.3, -0.25) is 0 Å². The Morgan fingerprint density at radius 3 is 2.35 bits per heavy atom. The van der Waals surface area contributed by atoms with Crippen LogP contribution in [0.5, 0.6) is 0 Å². The summed E-state index contributed by atoms with van der Waals surface area (Å²) in [5, 5.41) is 12.6. The standard InChI is InChI=1S/C15H17FN2O2/c16-12-3-1-2-4-13(12)18-14(11-17)5-7-15(8-6-14)19-9-10-20-15/h1-4,18H,5-10H2. The molecule has 0 aromatic heterocycles. The first kappa shape index (κ1) is 13.3. The molecule has 1 aliphatic heterocycles. The van der Waals surface area contributed by atoms with Crippen LogP contribution in [0.25, 0.3) is 0 Å². The van der Waals surface area contributed by atoms with E-state index in [4.69, 9.17) is 9.47 Å². The number of benzene rings is 1. The SMILES string of the molecule is N#CC1(Nc2ccccc2F)CCC2(CC1)OCCO2. The summed E-state index contributed by atoms with van der Waals surface area (Å²) in [6.07, 6.45) is 2.47. The van der Waals surface area contributed by atoms with Crippen molar-refractivity contribution in [3.8, 4) is 6.07 Å². The molecule has 2 aliphatic rings. The Balaban J connectivity index is 1.74. The van der Waals surface area contributed by atoms with Crippen molar-refractivity contribution in [2.24, 2.45) is 0 Å². The van der Waals surface area contributed by atoms with Gasteiger partial charge < -0.3 is 14.8 Å². The lowest BCUT2D eigenvalue weighted by Gasteiger charge is -2.40. The molecule has 2 fully saturated rings. The number of nitrogens with one attached hydrogen (secondary N) is 1. The third-order valence-corrected chi connectivity index (χ3v) is 4.14. The van der Waals surface area contributed by atoms with Crippen molar-refractivity contribution in [2.45, 2.75) is 37.0 Å². The zero-order valence-corrected chi connectivity index (χ0v) is 11.2. The third-order valence-electron chi connectivity index (χ3n) is 4.14. The Labute approximate surface area is 117 Å². The fraction of sp³-hybridized carbons (Fsp3) is 0.533. The highest BCUT2D eigenvalue weighted by Gasteiger charge is 2.46. The van der Waals surface area contributed by atoms with Crippen LogP contribution in [0.3, 0.4) is 0 Å². The van der Waals surface area contributed by atoms with Crippen molar-refractivity contribution in [2.75, 3.05) is 18.5 Å². The summed E-state index contributed by atoms with van der Waals surface area (Å²) in [6.45, 7) is 1.22. The highest BCUT2D eigenvalue weighted by Crippen LogP contribution is 2.41. The van der Waals surface area contributed by atoms with Crippen LogP contribution in [-0.2, 0) is 9.47 Å². The second kappa shape index (κ2) is 5.04. The largest absolute Gasteiger partial charge is 0.365 e. The minimum atomic E-state index is -0.747. The van der Waals surface area contributed by atoms with Crippen LogP contribution in [-0.4, -0.2) is 24.5 Å². The molecule has 0 radical (unpaired) electrons. The number of ether oxygens (including phenoxy) is 2. The maximum Gasteiger partial charge on any atom is 0.168 e. The van der Waals surface area contributed by atoms with Gasteiger partial charge in [0.05, 0.1) is 25.0 Å². The first-order chi connectivity index (χ1) is 9.67. The predicted molar refractivity (Wildman–Crippen MR) is 71.5 cm³/mol. The monoisotopic (exact) mass is 276 g/mol.